The summed E-state index contributed by atoms with van der Waals surface area (Å²) in [6.07, 6.45) is 6.30. The Morgan fingerprint density at radius 1 is 1.33 bits per heavy atom. The standard InChI is InChI=1S/C12H14N2O/c13-9-12(5-1-2-6-12)11(15)10-3-7-14-8-4-10/h3-4,7-8,11,15H,1-2,5-6H2. The number of hydrogen-bond donors (Lipinski definition) is 1. The van der Waals surface area contributed by atoms with Crippen molar-refractivity contribution >= 4 is 0 Å². The third kappa shape index (κ3) is 1.73. The molecule has 2 rings (SSSR count). The van der Waals surface area contributed by atoms with Crippen molar-refractivity contribution in [3.05, 3.63) is 30.1 Å². The Kier molecular flexibility index (Phi) is 2.70. The molecule has 1 aliphatic carbocycles. The Morgan fingerprint density at radius 2 is 1.93 bits per heavy atom. The number of rotatable bonds is 2. The molecule has 1 N–H and O–H groups in total. The molecule has 1 heterocycles. The van der Waals surface area contributed by atoms with Crippen molar-refractivity contribution in [2.75, 3.05) is 0 Å². The van der Waals surface area contributed by atoms with E-state index in [0.29, 0.717) is 0 Å². The van der Waals surface area contributed by atoms with Crippen LogP contribution in [0.3, 0.4) is 0 Å². The summed E-state index contributed by atoms with van der Waals surface area (Å²) in [4.78, 5) is 3.91. The van der Waals surface area contributed by atoms with E-state index in [2.05, 4.69) is 11.1 Å². The van der Waals surface area contributed by atoms with Crippen molar-refractivity contribution < 1.29 is 5.11 Å². The second-order valence-corrected chi connectivity index (χ2v) is 4.16. The molecule has 3 heteroatoms. The van der Waals surface area contributed by atoms with E-state index in [9.17, 15) is 10.4 Å². The predicted molar refractivity (Wildman–Crippen MR) is 55.7 cm³/mol. The quantitative estimate of drug-likeness (QED) is 0.799. The summed E-state index contributed by atoms with van der Waals surface area (Å²) >= 11 is 0. The fraction of sp³-hybridized carbons (Fsp3) is 0.500. The van der Waals surface area contributed by atoms with E-state index >= 15 is 0 Å². The van der Waals surface area contributed by atoms with Crippen LogP contribution >= 0.6 is 0 Å². The van der Waals surface area contributed by atoms with Gasteiger partial charge in [-0.25, -0.2) is 0 Å². The van der Waals surface area contributed by atoms with E-state index < -0.39 is 11.5 Å². The van der Waals surface area contributed by atoms with Crippen LogP contribution in [-0.2, 0) is 0 Å². The van der Waals surface area contributed by atoms with E-state index in [1.807, 2.05) is 0 Å². The average Bonchev–Trinajstić information content (AvgIpc) is 2.79. The van der Waals surface area contributed by atoms with Gasteiger partial charge in [0.25, 0.3) is 0 Å². The molecule has 1 aliphatic rings. The van der Waals surface area contributed by atoms with Crippen LogP contribution < -0.4 is 0 Å². The fourth-order valence-electron chi connectivity index (χ4n) is 2.32. The minimum atomic E-state index is -0.673. The van der Waals surface area contributed by atoms with E-state index in [1.54, 1.807) is 24.5 Å². The van der Waals surface area contributed by atoms with Gasteiger partial charge in [-0.05, 0) is 30.5 Å². The predicted octanol–water partition coefficient (Wildman–Crippen LogP) is 2.20. The minimum absolute atomic E-state index is 0.568. The van der Waals surface area contributed by atoms with Crippen molar-refractivity contribution in [3.8, 4) is 6.07 Å². The summed E-state index contributed by atoms with van der Waals surface area (Å²) in [5.41, 5.74) is 0.231. The van der Waals surface area contributed by atoms with Gasteiger partial charge in [-0.3, -0.25) is 4.98 Å². The van der Waals surface area contributed by atoms with Crippen molar-refractivity contribution in [1.82, 2.24) is 4.98 Å². The number of nitrogens with zero attached hydrogens (tertiary/aromatic N) is 2. The number of nitriles is 1. The molecular formula is C12H14N2O. The van der Waals surface area contributed by atoms with Gasteiger partial charge in [-0.15, -0.1) is 0 Å². The molecule has 0 radical (unpaired) electrons. The zero-order chi connectivity index (χ0) is 10.7. The molecule has 0 bridgehead atoms. The van der Waals surface area contributed by atoms with Gasteiger partial charge in [-0.1, -0.05) is 12.8 Å². The summed E-state index contributed by atoms with van der Waals surface area (Å²) in [5.74, 6) is 0. The average molecular weight is 202 g/mol. The second kappa shape index (κ2) is 4.00. The van der Waals surface area contributed by atoms with Crippen LogP contribution in [0.2, 0.25) is 0 Å². The number of pyridine rings is 1. The molecule has 1 aromatic rings. The SMILES string of the molecule is N#CC1(C(O)c2ccncc2)CCCC1. The Labute approximate surface area is 89.4 Å². The topological polar surface area (TPSA) is 56.9 Å². The lowest BCUT2D eigenvalue weighted by molar-refractivity contribution is 0.0670. The molecule has 1 unspecified atom stereocenters. The third-order valence-corrected chi connectivity index (χ3v) is 3.26. The molecule has 1 atom stereocenters. The van der Waals surface area contributed by atoms with Crippen LogP contribution in [0.4, 0.5) is 0 Å². The van der Waals surface area contributed by atoms with Crippen LogP contribution in [0, 0.1) is 16.7 Å². The highest BCUT2D eigenvalue weighted by molar-refractivity contribution is 5.21. The van der Waals surface area contributed by atoms with Gasteiger partial charge in [0.2, 0.25) is 0 Å². The lowest BCUT2D eigenvalue weighted by Crippen LogP contribution is -2.23. The summed E-state index contributed by atoms with van der Waals surface area (Å²) in [5, 5.41) is 19.4. The maximum absolute atomic E-state index is 10.2. The largest absolute Gasteiger partial charge is 0.387 e. The molecule has 0 amide bonds. The van der Waals surface area contributed by atoms with E-state index in [1.165, 1.54) is 0 Å². The molecule has 0 saturated heterocycles. The van der Waals surface area contributed by atoms with Gasteiger partial charge < -0.3 is 5.11 Å². The van der Waals surface area contributed by atoms with Crippen LogP contribution in [0.15, 0.2) is 24.5 Å². The van der Waals surface area contributed by atoms with Gasteiger partial charge in [0, 0.05) is 12.4 Å². The lowest BCUT2D eigenvalue weighted by atomic mass is 9.79. The molecule has 3 nitrogen and oxygen atoms in total. The van der Waals surface area contributed by atoms with Crippen molar-refractivity contribution in [2.45, 2.75) is 31.8 Å². The lowest BCUT2D eigenvalue weighted by Gasteiger charge is -2.26. The molecule has 0 aliphatic heterocycles. The molecule has 15 heavy (non-hydrogen) atoms. The van der Waals surface area contributed by atoms with Gasteiger partial charge >= 0.3 is 0 Å². The normalized spacial score (nSPS) is 20.8. The first-order valence-electron chi connectivity index (χ1n) is 5.28. The molecule has 0 spiro atoms. The first-order valence-corrected chi connectivity index (χ1v) is 5.28. The third-order valence-electron chi connectivity index (χ3n) is 3.26. The van der Waals surface area contributed by atoms with Gasteiger partial charge in [0.15, 0.2) is 0 Å². The molecule has 78 valence electrons. The fourth-order valence-corrected chi connectivity index (χ4v) is 2.32. The molecule has 0 aromatic carbocycles. The molecule has 1 saturated carbocycles. The number of aliphatic hydroxyl groups excluding tert-OH is 1. The van der Waals surface area contributed by atoms with Crippen molar-refractivity contribution in [2.24, 2.45) is 5.41 Å². The van der Waals surface area contributed by atoms with Crippen LogP contribution in [0.25, 0.3) is 0 Å². The second-order valence-electron chi connectivity index (χ2n) is 4.16. The summed E-state index contributed by atoms with van der Waals surface area (Å²) < 4.78 is 0. The Morgan fingerprint density at radius 3 is 2.47 bits per heavy atom. The Hall–Kier alpha value is -1.40. The zero-order valence-electron chi connectivity index (χ0n) is 8.56. The number of aliphatic hydroxyl groups is 1. The molecular weight excluding hydrogens is 188 g/mol. The summed E-state index contributed by atoms with van der Waals surface area (Å²) in [6.45, 7) is 0. The van der Waals surface area contributed by atoms with Gasteiger partial charge in [-0.2, -0.15) is 5.26 Å². The first kappa shape index (κ1) is 10.1. The minimum Gasteiger partial charge on any atom is -0.387 e. The van der Waals surface area contributed by atoms with Gasteiger partial charge in [0.05, 0.1) is 17.6 Å². The monoisotopic (exact) mass is 202 g/mol. The highest BCUT2D eigenvalue weighted by Crippen LogP contribution is 2.46. The van der Waals surface area contributed by atoms with E-state index in [4.69, 9.17) is 0 Å². The smallest absolute Gasteiger partial charge is 0.0977 e. The van der Waals surface area contributed by atoms with Crippen LogP contribution in [-0.4, -0.2) is 10.1 Å². The number of hydrogen-bond acceptors (Lipinski definition) is 3. The van der Waals surface area contributed by atoms with Crippen molar-refractivity contribution in [1.29, 1.82) is 5.26 Å². The van der Waals surface area contributed by atoms with E-state index in [0.717, 1.165) is 31.2 Å². The highest BCUT2D eigenvalue weighted by Gasteiger charge is 2.41. The highest BCUT2D eigenvalue weighted by atomic mass is 16.3. The molecule has 1 fully saturated rings. The van der Waals surface area contributed by atoms with E-state index in [-0.39, 0.29) is 0 Å². The van der Waals surface area contributed by atoms with Crippen molar-refractivity contribution in [3.63, 3.8) is 0 Å². The number of aromatic nitrogens is 1. The summed E-state index contributed by atoms with van der Waals surface area (Å²) in [7, 11) is 0. The summed E-state index contributed by atoms with van der Waals surface area (Å²) in [6, 6.07) is 5.86. The first-order chi connectivity index (χ1) is 7.28. The van der Waals surface area contributed by atoms with Crippen LogP contribution in [0.5, 0.6) is 0 Å². The molecule has 1 aromatic heterocycles. The zero-order valence-corrected chi connectivity index (χ0v) is 8.56. The Bertz CT molecular complexity index is 363. The van der Waals surface area contributed by atoms with Gasteiger partial charge in [0.1, 0.15) is 0 Å². The maximum Gasteiger partial charge on any atom is 0.0977 e. The van der Waals surface area contributed by atoms with Crippen LogP contribution in [0.1, 0.15) is 37.4 Å². The maximum atomic E-state index is 10.2. The Balaban J connectivity index is 2.27.